The highest BCUT2D eigenvalue weighted by Crippen LogP contribution is 2.29. The van der Waals surface area contributed by atoms with Crippen LogP contribution in [0.2, 0.25) is 0 Å². The molecule has 216 valence electrons. The zero-order valence-corrected chi connectivity index (χ0v) is 21.9. The molecule has 4 rings (SSSR count). The van der Waals surface area contributed by atoms with Gasteiger partial charge in [0.05, 0.1) is 38.2 Å². The number of carbonyl (C=O) groups is 2. The fraction of sp³-hybridized carbons (Fsp3) is 0.480. The number of hydrogen-bond donors (Lipinski definition) is 2. The summed E-state index contributed by atoms with van der Waals surface area (Å²) in [5, 5.41) is 10.7. The number of aromatic nitrogens is 4. The predicted octanol–water partition coefficient (Wildman–Crippen LogP) is 2.89. The van der Waals surface area contributed by atoms with Gasteiger partial charge in [0, 0.05) is 44.2 Å². The first-order valence-electron chi connectivity index (χ1n) is 12.6. The van der Waals surface area contributed by atoms with Crippen LogP contribution in [0, 0.1) is 0 Å². The Kier molecular flexibility index (Phi) is 9.37. The minimum absolute atomic E-state index is 0.244. The Morgan fingerprint density at radius 2 is 2.12 bits per heavy atom. The third kappa shape index (κ3) is 7.35. The molecular formula is C25H30F3N7O5. The fourth-order valence-corrected chi connectivity index (χ4v) is 4.35. The highest BCUT2D eigenvalue weighted by molar-refractivity contribution is 5.94. The second-order valence-corrected chi connectivity index (χ2v) is 9.11. The smallest absolute Gasteiger partial charge is 0.415 e. The van der Waals surface area contributed by atoms with Gasteiger partial charge < -0.3 is 29.7 Å². The van der Waals surface area contributed by atoms with E-state index >= 15 is 0 Å². The number of amides is 1. The van der Waals surface area contributed by atoms with Crippen LogP contribution in [0.25, 0.3) is 5.57 Å². The van der Waals surface area contributed by atoms with Crippen LogP contribution in [-0.4, -0.2) is 88.8 Å². The van der Waals surface area contributed by atoms with Gasteiger partial charge in [0.15, 0.2) is 5.76 Å². The van der Waals surface area contributed by atoms with E-state index in [9.17, 15) is 22.8 Å². The molecule has 0 aromatic carbocycles. The maximum atomic E-state index is 12.7. The van der Waals surface area contributed by atoms with Crippen molar-refractivity contribution in [3.63, 3.8) is 0 Å². The SMILES string of the molecule is C=C(OC(=O)C(F)(F)F)C(=O)N1CCC[C@@H]1CNc1nc(Nc2cnn(CCOC)c2)ncc1C1=CCOCC1. The monoisotopic (exact) mass is 565 g/mol. The van der Waals surface area contributed by atoms with Crippen LogP contribution in [0.1, 0.15) is 24.8 Å². The lowest BCUT2D eigenvalue weighted by Gasteiger charge is -2.26. The summed E-state index contributed by atoms with van der Waals surface area (Å²) in [5.74, 6) is -3.40. The summed E-state index contributed by atoms with van der Waals surface area (Å²) in [6.07, 6.45) is 3.72. The highest BCUT2D eigenvalue weighted by atomic mass is 19.4. The first-order chi connectivity index (χ1) is 19.2. The average molecular weight is 566 g/mol. The van der Waals surface area contributed by atoms with Crippen LogP contribution in [0.4, 0.5) is 30.6 Å². The van der Waals surface area contributed by atoms with Gasteiger partial charge in [-0.3, -0.25) is 9.48 Å². The number of nitrogens with zero attached hydrogens (tertiary/aromatic N) is 5. The summed E-state index contributed by atoms with van der Waals surface area (Å²) in [4.78, 5) is 34.4. The second kappa shape index (κ2) is 12.9. The lowest BCUT2D eigenvalue weighted by Crippen LogP contribution is -2.41. The van der Waals surface area contributed by atoms with Gasteiger partial charge in [-0.2, -0.15) is 23.3 Å². The Bertz CT molecular complexity index is 1260. The van der Waals surface area contributed by atoms with E-state index in [0.29, 0.717) is 63.1 Å². The number of likely N-dealkylation sites (tertiary alicyclic amines) is 1. The van der Waals surface area contributed by atoms with Crippen molar-refractivity contribution in [3.05, 3.63) is 42.6 Å². The van der Waals surface area contributed by atoms with Gasteiger partial charge in [-0.25, -0.2) is 9.78 Å². The molecule has 2 aliphatic heterocycles. The van der Waals surface area contributed by atoms with Crippen molar-refractivity contribution in [2.75, 3.05) is 50.7 Å². The molecule has 0 radical (unpaired) electrons. The van der Waals surface area contributed by atoms with Crippen LogP contribution in [0.15, 0.2) is 37.0 Å². The molecule has 4 heterocycles. The number of anilines is 3. The van der Waals surface area contributed by atoms with Gasteiger partial charge >= 0.3 is 12.1 Å². The molecule has 1 atom stereocenters. The number of halogens is 3. The summed E-state index contributed by atoms with van der Waals surface area (Å²) in [5.41, 5.74) is 2.45. The number of rotatable bonds is 11. The maximum Gasteiger partial charge on any atom is 0.491 e. The quantitative estimate of drug-likeness (QED) is 0.238. The molecule has 0 saturated carbocycles. The Labute approximate surface area is 228 Å². The van der Waals surface area contributed by atoms with E-state index in [-0.39, 0.29) is 13.1 Å². The largest absolute Gasteiger partial charge is 0.491 e. The number of alkyl halides is 3. The van der Waals surface area contributed by atoms with Crippen molar-refractivity contribution in [3.8, 4) is 0 Å². The number of carbonyl (C=O) groups excluding carboxylic acids is 2. The van der Waals surface area contributed by atoms with Crippen molar-refractivity contribution >= 4 is 34.9 Å². The molecule has 1 amide bonds. The maximum absolute atomic E-state index is 12.7. The van der Waals surface area contributed by atoms with Crippen molar-refractivity contribution in [1.29, 1.82) is 0 Å². The fourth-order valence-electron chi connectivity index (χ4n) is 4.35. The Hall–Kier alpha value is -3.98. The summed E-state index contributed by atoms with van der Waals surface area (Å²) >= 11 is 0. The molecular weight excluding hydrogens is 535 g/mol. The Balaban J connectivity index is 1.48. The topological polar surface area (TPSA) is 133 Å². The molecule has 1 fully saturated rings. The molecule has 1 saturated heterocycles. The average Bonchev–Trinajstić information content (AvgIpc) is 3.59. The normalized spacial score (nSPS) is 17.4. The first kappa shape index (κ1) is 29.0. The van der Waals surface area contributed by atoms with E-state index in [2.05, 4.69) is 37.0 Å². The Morgan fingerprint density at radius 3 is 2.85 bits per heavy atom. The van der Waals surface area contributed by atoms with E-state index in [1.54, 1.807) is 30.4 Å². The predicted molar refractivity (Wildman–Crippen MR) is 137 cm³/mol. The molecule has 0 spiro atoms. The summed E-state index contributed by atoms with van der Waals surface area (Å²) < 4.78 is 54.0. The number of ether oxygens (including phenoxy) is 3. The number of nitrogens with one attached hydrogen (secondary N) is 2. The van der Waals surface area contributed by atoms with Crippen molar-refractivity contribution in [2.24, 2.45) is 0 Å². The minimum Gasteiger partial charge on any atom is -0.415 e. The lowest BCUT2D eigenvalue weighted by molar-refractivity contribution is -0.196. The second-order valence-electron chi connectivity index (χ2n) is 9.11. The molecule has 0 bridgehead atoms. The summed E-state index contributed by atoms with van der Waals surface area (Å²) in [6, 6.07) is -0.393. The minimum atomic E-state index is -5.23. The number of esters is 1. The zero-order valence-electron chi connectivity index (χ0n) is 21.9. The van der Waals surface area contributed by atoms with Crippen LogP contribution in [-0.2, 0) is 30.3 Å². The van der Waals surface area contributed by atoms with Crippen LogP contribution >= 0.6 is 0 Å². The van der Waals surface area contributed by atoms with E-state index in [1.807, 2.05) is 6.08 Å². The molecule has 2 N–H and O–H groups in total. The van der Waals surface area contributed by atoms with Gasteiger partial charge in [-0.15, -0.1) is 0 Å². The number of methoxy groups -OCH3 is 1. The van der Waals surface area contributed by atoms with Crippen molar-refractivity contribution in [1.82, 2.24) is 24.6 Å². The van der Waals surface area contributed by atoms with Crippen LogP contribution in [0.3, 0.4) is 0 Å². The van der Waals surface area contributed by atoms with Gasteiger partial charge in [0.25, 0.3) is 5.91 Å². The van der Waals surface area contributed by atoms with Crippen LogP contribution < -0.4 is 10.6 Å². The van der Waals surface area contributed by atoms with Crippen molar-refractivity contribution in [2.45, 2.75) is 38.0 Å². The molecule has 15 heteroatoms. The molecule has 2 aliphatic rings. The van der Waals surface area contributed by atoms with Gasteiger partial charge in [0.2, 0.25) is 5.95 Å². The third-order valence-corrected chi connectivity index (χ3v) is 6.34. The Morgan fingerprint density at radius 1 is 1.30 bits per heavy atom. The number of hydrogen-bond acceptors (Lipinski definition) is 10. The van der Waals surface area contributed by atoms with E-state index in [0.717, 1.165) is 11.1 Å². The van der Waals surface area contributed by atoms with Gasteiger partial charge in [-0.05, 0) is 24.8 Å². The van der Waals surface area contributed by atoms with Gasteiger partial charge in [-0.1, -0.05) is 12.7 Å². The molecule has 0 unspecified atom stereocenters. The van der Waals surface area contributed by atoms with Crippen molar-refractivity contribution < 1.29 is 37.0 Å². The summed E-state index contributed by atoms with van der Waals surface area (Å²) in [6.45, 7) is 5.87. The first-order valence-corrected chi connectivity index (χ1v) is 12.6. The molecule has 2 aromatic heterocycles. The molecule has 2 aromatic rings. The molecule has 40 heavy (non-hydrogen) atoms. The van der Waals surface area contributed by atoms with E-state index in [4.69, 9.17) is 9.47 Å². The van der Waals surface area contributed by atoms with E-state index < -0.39 is 29.9 Å². The highest BCUT2D eigenvalue weighted by Gasteiger charge is 2.43. The zero-order chi connectivity index (χ0) is 28.7. The van der Waals surface area contributed by atoms with Crippen LogP contribution in [0.5, 0.6) is 0 Å². The third-order valence-electron chi connectivity index (χ3n) is 6.34. The summed E-state index contributed by atoms with van der Waals surface area (Å²) in [7, 11) is 1.61. The molecule has 0 aliphatic carbocycles. The lowest BCUT2D eigenvalue weighted by atomic mass is 10.0. The standard InChI is InChI=1S/C25H30F3N7O5/c1-16(40-23(37)25(26,27)28)22(36)35-7-3-4-19(35)13-29-21-20(17-5-9-39-10-6-17)14-30-24(33-21)32-18-12-31-34(15-18)8-11-38-2/h5,12,14-15,19H,1,3-4,6-11,13H2,2H3,(H2,29,30,32,33)/t19-/m1/s1. The molecule has 12 nitrogen and oxygen atoms in total. The van der Waals surface area contributed by atoms with E-state index in [1.165, 1.54) is 4.90 Å². The van der Waals surface area contributed by atoms with Gasteiger partial charge in [0.1, 0.15) is 5.82 Å².